The first-order valence-corrected chi connectivity index (χ1v) is 7.74. The zero-order chi connectivity index (χ0) is 14.1. The van der Waals surface area contributed by atoms with Crippen molar-refractivity contribution in [1.29, 1.82) is 0 Å². The molecule has 1 N–H and O–H groups in total. The van der Waals surface area contributed by atoms with Gasteiger partial charge in [0.25, 0.3) is 0 Å². The summed E-state index contributed by atoms with van der Waals surface area (Å²) in [6.45, 7) is 4.25. The number of furan rings is 1. The first kappa shape index (κ1) is 13.5. The van der Waals surface area contributed by atoms with Crippen molar-refractivity contribution < 1.29 is 4.42 Å². The lowest BCUT2D eigenvalue weighted by atomic mass is 10.1. The fraction of sp³-hybridized carbons (Fsp3) is 0.176. The van der Waals surface area contributed by atoms with Crippen molar-refractivity contribution >= 4 is 39.2 Å². The molecule has 0 spiro atoms. The molecule has 0 bridgehead atoms. The van der Waals surface area contributed by atoms with Gasteiger partial charge in [-0.05, 0) is 54.6 Å². The van der Waals surface area contributed by atoms with Gasteiger partial charge in [0.15, 0.2) is 0 Å². The minimum absolute atomic E-state index is 0.137. The van der Waals surface area contributed by atoms with E-state index in [9.17, 15) is 0 Å². The molecular formula is C17H16INO. The molecule has 0 amide bonds. The van der Waals surface area contributed by atoms with Crippen LogP contribution in [0.3, 0.4) is 0 Å². The lowest BCUT2D eigenvalue weighted by Crippen LogP contribution is -2.07. The molecular weight excluding hydrogens is 361 g/mol. The second-order valence-corrected chi connectivity index (χ2v) is 6.10. The molecule has 0 aliphatic carbocycles. The van der Waals surface area contributed by atoms with Gasteiger partial charge in [0.1, 0.15) is 11.3 Å². The molecule has 3 aromatic rings. The van der Waals surface area contributed by atoms with Crippen molar-refractivity contribution in [2.45, 2.75) is 19.9 Å². The Morgan fingerprint density at radius 1 is 1.05 bits per heavy atom. The van der Waals surface area contributed by atoms with Gasteiger partial charge in [-0.1, -0.05) is 30.3 Å². The van der Waals surface area contributed by atoms with E-state index in [1.807, 2.05) is 30.3 Å². The molecule has 0 saturated heterocycles. The Bertz CT molecular complexity index is 748. The van der Waals surface area contributed by atoms with Crippen molar-refractivity contribution in [3.8, 4) is 0 Å². The van der Waals surface area contributed by atoms with Gasteiger partial charge in [-0.25, -0.2) is 0 Å². The van der Waals surface area contributed by atoms with E-state index in [0.29, 0.717) is 0 Å². The van der Waals surface area contributed by atoms with Gasteiger partial charge >= 0.3 is 0 Å². The predicted molar refractivity (Wildman–Crippen MR) is 92.1 cm³/mol. The van der Waals surface area contributed by atoms with Crippen LogP contribution in [-0.4, -0.2) is 0 Å². The highest BCUT2D eigenvalue weighted by atomic mass is 127. The smallest absolute Gasteiger partial charge is 0.134 e. The van der Waals surface area contributed by atoms with Gasteiger partial charge in [0.05, 0.1) is 6.04 Å². The maximum Gasteiger partial charge on any atom is 0.134 e. The molecule has 102 valence electrons. The summed E-state index contributed by atoms with van der Waals surface area (Å²) < 4.78 is 7.22. The molecule has 0 aliphatic rings. The first-order valence-electron chi connectivity index (χ1n) is 6.66. The molecule has 1 unspecified atom stereocenters. The second-order valence-electron chi connectivity index (χ2n) is 4.93. The molecule has 2 aromatic carbocycles. The molecule has 1 aromatic heterocycles. The number of fused-ring (bicyclic) bond motifs is 1. The SMILES string of the molecule is Cc1c(C(C)Nc2ccccc2I)oc2ccccc12. The number of anilines is 1. The van der Waals surface area contributed by atoms with Gasteiger partial charge in [0.2, 0.25) is 0 Å². The fourth-order valence-electron chi connectivity index (χ4n) is 2.48. The zero-order valence-electron chi connectivity index (χ0n) is 11.5. The Morgan fingerprint density at radius 3 is 2.50 bits per heavy atom. The van der Waals surface area contributed by atoms with Crippen LogP contribution in [0.2, 0.25) is 0 Å². The van der Waals surface area contributed by atoms with Gasteiger partial charge in [0, 0.05) is 20.2 Å². The van der Waals surface area contributed by atoms with Crippen LogP contribution in [0.4, 0.5) is 5.69 Å². The van der Waals surface area contributed by atoms with Crippen LogP contribution in [0.15, 0.2) is 52.9 Å². The van der Waals surface area contributed by atoms with E-state index in [2.05, 4.69) is 60.0 Å². The summed E-state index contributed by atoms with van der Waals surface area (Å²) in [5.74, 6) is 1.01. The van der Waals surface area contributed by atoms with Crippen LogP contribution in [0, 0.1) is 10.5 Å². The quantitative estimate of drug-likeness (QED) is 0.608. The third-order valence-corrected chi connectivity index (χ3v) is 4.46. The average molecular weight is 377 g/mol. The van der Waals surface area contributed by atoms with E-state index >= 15 is 0 Å². The molecule has 3 heteroatoms. The van der Waals surface area contributed by atoms with E-state index < -0.39 is 0 Å². The first-order chi connectivity index (χ1) is 9.66. The summed E-state index contributed by atoms with van der Waals surface area (Å²) in [6, 6.07) is 16.6. The molecule has 1 heterocycles. The van der Waals surface area contributed by atoms with Crippen LogP contribution < -0.4 is 5.32 Å². The minimum atomic E-state index is 0.137. The topological polar surface area (TPSA) is 25.2 Å². The standard InChI is InChI=1S/C17H16INO/c1-11-13-7-3-6-10-16(13)20-17(11)12(2)19-15-9-5-4-8-14(15)18/h3-10,12,19H,1-2H3. The summed E-state index contributed by atoms with van der Waals surface area (Å²) in [7, 11) is 0. The van der Waals surface area contributed by atoms with E-state index in [0.717, 1.165) is 17.0 Å². The molecule has 3 rings (SSSR count). The minimum Gasteiger partial charge on any atom is -0.459 e. The number of benzene rings is 2. The van der Waals surface area contributed by atoms with Crippen LogP contribution >= 0.6 is 22.6 Å². The van der Waals surface area contributed by atoms with Crippen LogP contribution in [0.25, 0.3) is 11.0 Å². The summed E-state index contributed by atoms with van der Waals surface area (Å²) in [5, 5.41) is 4.72. The Hall–Kier alpha value is -1.49. The molecule has 0 saturated carbocycles. The van der Waals surface area contributed by atoms with Crippen LogP contribution in [0.1, 0.15) is 24.3 Å². The highest BCUT2D eigenvalue weighted by molar-refractivity contribution is 14.1. The van der Waals surface area contributed by atoms with Gasteiger partial charge in [-0.3, -0.25) is 0 Å². The second kappa shape index (κ2) is 5.48. The highest BCUT2D eigenvalue weighted by Crippen LogP contribution is 2.31. The molecule has 0 fully saturated rings. The summed E-state index contributed by atoms with van der Waals surface area (Å²) in [6.07, 6.45) is 0. The van der Waals surface area contributed by atoms with Gasteiger partial charge in [-0.2, -0.15) is 0 Å². The molecule has 0 radical (unpaired) electrons. The van der Waals surface area contributed by atoms with Crippen molar-refractivity contribution in [3.63, 3.8) is 0 Å². The maximum atomic E-state index is 6.01. The Balaban J connectivity index is 1.95. The lowest BCUT2D eigenvalue weighted by Gasteiger charge is -2.15. The number of rotatable bonds is 3. The molecule has 20 heavy (non-hydrogen) atoms. The fourth-order valence-corrected chi connectivity index (χ4v) is 3.03. The number of aryl methyl sites for hydroxylation is 1. The van der Waals surface area contributed by atoms with Crippen molar-refractivity contribution in [3.05, 3.63) is 63.4 Å². The normalized spacial score (nSPS) is 12.6. The zero-order valence-corrected chi connectivity index (χ0v) is 13.6. The Kier molecular flexibility index (Phi) is 3.70. The van der Waals surface area contributed by atoms with Gasteiger partial charge in [-0.15, -0.1) is 0 Å². The van der Waals surface area contributed by atoms with E-state index in [1.54, 1.807) is 0 Å². The van der Waals surface area contributed by atoms with Crippen molar-refractivity contribution in [2.24, 2.45) is 0 Å². The third-order valence-electron chi connectivity index (χ3n) is 3.52. The molecule has 1 atom stereocenters. The summed E-state index contributed by atoms with van der Waals surface area (Å²) >= 11 is 2.34. The average Bonchev–Trinajstić information content (AvgIpc) is 2.79. The number of hydrogen-bond donors (Lipinski definition) is 1. The number of halogens is 1. The highest BCUT2D eigenvalue weighted by Gasteiger charge is 2.16. The van der Waals surface area contributed by atoms with Crippen molar-refractivity contribution in [1.82, 2.24) is 0 Å². The van der Waals surface area contributed by atoms with Gasteiger partial charge < -0.3 is 9.73 Å². The monoisotopic (exact) mass is 377 g/mol. The largest absolute Gasteiger partial charge is 0.459 e. The van der Waals surface area contributed by atoms with Crippen molar-refractivity contribution in [2.75, 3.05) is 5.32 Å². The molecule has 0 aliphatic heterocycles. The predicted octanol–water partition coefficient (Wildman–Crippen LogP) is 5.52. The summed E-state index contributed by atoms with van der Waals surface area (Å²) in [4.78, 5) is 0. The van der Waals surface area contributed by atoms with E-state index in [1.165, 1.54) is 14.5 Å². The number of nitrogens with one attached hydrogen (secondary N) is 1. The summed E-state index contributed by atoms with van der Waals surface area (Å²) in [5.41, 5.74) is 3.31. The number of para-hydroxylation sites is 2. The lowest BCUT2D eigenvalue weighted by molar-refractivity contribution is 0.522. The third kappa shape index (κ3) is 2.42. The Morgan fingerprint density at radius 2 is 1.75 bits per heavy atom. The Labute approximate surface area is 132 Å². The van der Waals surface area contributed by atoms with E-state index in [-0.39, 0.29) is 6.04 Å². The van der Waals surface area contributed by atoms with Crippen LogP contribution in [-0.2, 0) is 0 Å². The molecule has 2 nitrogen and oxygen atoms in total. The van der Waals surface area contributed by atoms with Crippen LogP contribution in [0.5, 0.6) is 0 Å². The number of hydrogen-bond acceptors (Lipinski definition) is 2. The van der Waals surface area contributed by atoms with E-state index in [4.69, 9.17) is 4.42 Å². The maximum absolute atomic E-state index is 6.01.